The summed E-state index contributed by atoms with van der Waals surface area (Å²) < 4.78 is 55.3. The molecule has 240 valence electrons. The van der Waals surface area contributed by atoms with E-state index in [9.17, 15) is 21.6 Å². The Kier molecular flexibility index (Phi) is 9.99. The van der Waals surface area contributed by atoms with Crippen LogP contribution < -0.4 is 21.8 Å². The number of anilines is 2. The van der Waals surface area contributed by atoms with Gasteiger partial charge in [0, 0.05) is 45.5 Å². The maximum absolute atomic E-state index is 13.4. The van der Waals surface area contributed by atoms with Gasteiger partial charge < -0.3 is 21.2 Å². The molecule has 4 rings (SSSR count). The predicted molar refractivity (Wildman–Crippen MR) is 176 cm³/mol. The minimum Gasteiger partial charge on any atom is -0.370 e. The van der Waals surface area contributed by atoms with Gasteiger partial charge in [0.05, 0.1) is 11.4 Å². The Hall–Kier alpha value is -4.28. The maximum atomic E-state index is 13.4. The molecule has 45 heavy (non-hydrogen) atoms. The monoisotopic (exact) mass is 655 g/mol. The molecule has 0 amide bonds. The van der Waals surface area contributed by atoms with Gasteiger partial charge in [0.25, 0.3) is 0 Å². The molecule has 0 aromatic heterocycles. The fourth-order valence-corrected chi connectivity index (χ4v) is 7.31. The second kappa shape index (κ2) is 13.4. The molecule has 0 spiro atoms. The third-order valence-electron chi connectivity index (χ3n) is 7.26. The van der Waals surface area contributed by atoms with Crippen LogP contribution in [0.2, 0.25) is 0 Å². The smallest absolute Gasteiger partial charge is 0.348 e. The van der Waals surface area contributed by atoms with E-state index in [0.717, 1.165) is 8.61 Å². The highest BCUT2D eigenvalue weighted by atomic mass is 32.2. The molecule has 0 bridgehead atoms. The first-order valence-electron chi connectivity index (χ1n) is 13.9. The SMILES string of the molecule is CN(C)S(=O)(=O)c1c(NOC(=O)[C@@H](N)CCCN(C(=N)N)c2ccc3ccccc3c2S(=O)(=O)N(C)C)ccc2ccccc12. The number of hydrogen-bond donors (Lipinski definition) is 4. The van der Waals surface area contributed by atoms with E-state index in [1.165, 1.54) is 39.2 Å². The molecular weight excluding hydrogens is 619 g/mol. The van der Waals surface area contributed by atoms with Crippen LogP contribution in [0.25, 0.3) is 21.5 Å². The Morgan fingerprint density at radius 2 is 1.33 bits per heavy atom. The van der Waals surface area contributed by atoms with Crippen LogP contribution in [-0.4, -0.2) is 78.2 Å². The predicted octanol–water partition coefficient (Wildman–Crippen LogP) is 2.87. The van der Waals surface area contributed by atoms with E-state index in [0.29, 0.717) is 21.5 Å². The third-order valence-corrected chi connectivity index (χ3v) is 11.1. The minimum absolute atomic E-state index is 0.00701. The Morgan fingerprint density at radius 1 is 0.822 bits per heavy atom. The third kappa shape index (κ3) is 6.87. The van der Waals surface area contributed by atoms with Gasteiger partial charge in [-0.05, 0) is 35.7 Å². The van der Waals surface area contributed by atoms with Crippen molar-refractivity contribution in [2.45, 2.75) is 28.7 Å². The number of carbonyl (C=O) groups is 1. The fraction of sp³-hybridized carbons (Fsp3) is 0.267. The number of benzene rings is 4. The Balaban J connectivity index is 1.51. The number of nitrogens with two attached hydrogens (primary N) is 2. The number of guanidine groups is 1. The zero-order valence-corrected chi connectivity index (χ0v) is 27.0. The Morgan fingerprint density at radius 3 is 1.89 bits per heavy atom. The van der Waals surface area contributed by atoms with Crippen LogP contribution in [0.4, 0.5) is 11.4 Å². The molecule has 0 aliphatic heterocycles. The van der Waals surface area contributed by atoms with Gasteiger partial charge in [-0.2, -0.15) is 0 Å². The number of nitrogens with zero attached hydrogens (tertiary/aromatic N) is 3. The van der Waals surface area contributed by atoms with E-state index in [1.54, 1.807) is 66.7 Å². The summed E-state index contributed by atoms with van der Waals surface area (Å²) in [6.07, 6.45) is 0.328. The molecule has 0 heterocycles. The molecule has 0 aliphatic carbocycles. The van der Waals surface area contributed by atoms with Crippen molar-refractivity contribution in [3.05, 3.63) is 72.8 Å². The zero-order valence-electron chi connectivity index (χ0n) is 25.4. The molecular formula is C30H37N7O6S2. The summed E-state index contributed by atoms with van der Waals surface area (Å²) in [5.74, 6) is -1.23. The number of nitrogens with one attached hydrogen (secondary N) is 2. The second-order valence-corrected chi connectivity index (χ2v) is 14.9. The van der Waals surface area contributed by atoms with Crippen LogP contribution in [0.5, 0.6) is 0 Å². The number of carbonyl (C=O) groups excluding carboxylic acids is 1. The fourth-order valence-electron chi connectivity index (χ4n) is 4.82. The highest BCUT2D eigenvalue weighted by Gasteiger charge is 2.29. The molecule has 0 fully saturated rings. The van der Waals surface area contributed by atoms with Gasteiger partial charge in [-0.15, -0.1) is 0 Å². The lowest BCUT2D eigenvalue weighted by Gasteiger charge is -2.27. The first-order chi connectivity index (χ1) is 21.2. The Labute approximate surface area is 262 Å². The van der Waals surface area contributed by atoms with Crippen LogP contribution in [0, 0.1) is 5.41 Å². The summed E-state index contributed by atoms with van der Waals surface area (Å²) in [5.41, 5.74) is 14.8. The minimum atomic E-state index is -3.95. The number of fused-ring (bicyclic) bond motifs is 2. The highest BCUT2D eigenvalue weighted by Crippen LogP contribution is 2.35. The molecule has 0 radical (unpaired) electrons. The van der Waals surface area contributed by atoms with Gasteiger partial charge in [-0.1, -0.05) is 60.7 Å². The molecule has 6 N–H and O–H groups in total. The lowest BCUT2D eigenvalue weighted by atomic mass is 10.1. The summed E-state index contributed by atoms with van der Waals surface area (Å²) >= 11 is 0. The molecule has 0 aliphatic rings. The van der Waals surface area contributed by atoms with Crippen LogP contribution >= 0.6 is 0 Å². The Bertz CT molecular complexity index is 1960. The average Bonchev–Trinajstić information content (AvgIpc) is 3.00. The van der Waals surface area contributed by atoms with E-state index in [1.807, 2.05) is 0 Å². The van der Waals surface area contributed by atoms with Gasteiger partial charge in [0.15, 0.2) is 5.96 Å². The highest BCUT2D eigenvalue weighted by molar-refractivity contribution is 7.89. The van der Waals surface area contributed by atoms with Gasteiger partial charge >= 0.3 is 5.97 Å². The van der Waals surface area contributed by atoms with Crippen molar-refractivity contribution in [1.29, 1.82) is 5.41 Å². The van der Waals surface area contributed by atoms with Crippen molar-refractivity contribution in [3.8, 4) is 0 Å². The van der Waals surface area contributed by atoms with Gasteiger partial charge in [0.2, 0.25) is 20.0 Å². The van der Waals surface area contributed by atoms with Crippen molar-refractivity contribution in [2.75, 3.05) is 45.1 Å². The summed E-state index contributed by atoms with van der Waals surface area (Å²) in [6, 6.07) is 19.4. The molecule has 4 aromatic carbocycles. The van der Waals surface area contributed by atoms with Crippen molar-refractivity contribution in [3.63, 3.8) is 0 Å². The van der Waals surface area contributed by atoms with Gasteiger partial charge in [-0.25, -0.2) is 35.7 Å². The molecule has 0 saturated heterocycles. The molecule has 0 unspecified atom stereocenters. The van der Waals surface area contributed by atoms with Crippen LogP contribution in [0.15, 0.2) is 82.6 Å². The summed E-state index contributed by atoms with van der Waals surface area (Å²) in [6.45, 7) is 0.0773. The van der Waals surface area contributed by atoms with Crippen molar-refractivity contribution < 1.29 is 26.5 Å². The lowest BCUT2D eigenvalue weighted by Crippen LogP contribution is -2.40. The average molecular weight is 656 g/mol. The molecule has 0 saturated carbocycles. The van der Waals surface area contributed by atoms with Gasteiger partial charge in [0.1, 0.15) is 15.8 Å². The van der Waals surface area contributed by atoms with E-state index in [2.05, 4.69) is 5.48 Å². The number of rotatable bonds is 12. The molecule has 13 nitrogen and oxygen atoms in total. The summed E-state index contributed by atoms with van der Waals surface area (Å²) in [5, 5.41) is 10.5. The van der Waals surface area contributed by atoms with E-state index < -0.39 is 32.1 Å². The largest absolute Gasteiger partial charge is 0.370 e. The summed E-state index contributed by atoms with van der Waals surface area (Å²) in [7, 11) is -2.21. The molecule has 4 aromatic rings. The van der Waals surface area contributed by atoms with E-state index >= 15 is 0 Å². The van der Waals surface area contributed by atoms with Crippen LogP contribution in [0.1, 0.15) is 12.8 Å². The first kappa shape index (κ1) is 33.6. The first-order valence-corrected chi connectivity index (χ1v) is 16.8. The van der Waals surface area contributed by atoms with E-state index in [4.69, 9.17) is 21.7 Å². The number of hydrogen-bond acceptors (Lipinski definition) is 9. The number of sulfonamides is 2. The van der Waals surface area contributed by atoms with E-state index in [-0.39, 0.29) is 46.5 Å². The van der Waals surface area contributed by atoms with Crippen molar-refractivity contribution in [1.82, 2.24) is 8.61 Å². The lowest BCUT2D eigenvalue weighted by molar-refractivity contribution is -0.142. The normalized spacial score (nSPS) is 12.9. The van der Waals surface area contributed by atoms with Gasteiger partial charge in [-0.3, -0.25) is 5.41 Å². The van der Waals surface area contributed by atoms with Crippen molar-refractivity contribution >= 4 is 64.9 Å². The second-order valence-electron chi connectivity index (χ2n) is 10.7. The molecule has 15 heteroatoms. The van der Waals surface area contributed by atoms with Crippen LogP contribution in [-0.2, 0) is 29.7 Å². The topological polar surface area (TPSA) is 192 Å². The van der Waals surface area contributed by atoms with Crippen LogP contribution in [0.3, 0.4) is 0 Å². The maximum Gasteiger partial charge on any atom is 0.348 e. The van der Waals surface area contributed by atoms with Crippen molar-refractivity contribution in [2.24, 2.45) is 11.5 Å². The molecule has 1 atom stereocenters. The zero-order chi connectivity index (χ0) is 33.1. The standard InChI is InChI=1S/C30H37N7O6S2/c1-35(2)44(39,40)27-22-12-7-5-10-20(22)15-17-25(27)34-43-29(38)24(31)14-9-19-37(30(32)33)26-18-16-21-11-6-8-13-23(21)28(26)45(41,42)36(3)4/h5-8,10-13,15-18,24,34H,9,14,19,31H2,1-4H3,(H3,32,33)/t24-/m0/s1. The summed E-state index contributed by atoms with van der Waals surface area (Å²) in [4.78, 5) is 19.4. The quantitative estimate of drug-likeness (QED) is 0.100.